The number of carbonyl (C=O) groups is 1. The van der Waals surface area contributed by atoms with Crippen LogP contribution in [-0.4, -0.2) is 22.3 Å². The summed E-state index contributed by atoms with van der Waals surface area (Å²) in [6, 6.07) is 14.3. The van der Waals surface area contributed by atoms with Gasteiger partial charge in [0, 0.05) is 12.4 Å². The van der Waals surface area contributed by atoms with Crippen molar-refractivity contribution in [3.8, 4) is 16.9 Å². The summed E-state index contributed by atoms with van der Waals surface area (Å²) in [7, 11) is 0. The first-order valence-corrected chi connectivity index (χ1v) is 7.83. The average Bonchev–Trinajstić information content (AvgIpc) is 3.07. The average molecular weight is 319 g/mol. The maximum atomic E-state index is 11.6. The van der Waals surface area contributed by atoms with Gasteiger partial charge in [-0.3, -0.25) is 9.48 Å². The highest BCUT2D eigenvalue weighted by Crippen LogP contribution is 2.36. The maximum Gasteiger partial charge on any atom is 0.262 e. The Labute approximate surface area is 139 Å². The predicted octanol–water partition coefficient (Wildman–Crippen LogP) is 3.24. The van der Waals surface area contributed by atoms with E-state index in [1.54, 1.807) is 6.20 Å². The third-order valence-corrected chi connectivity index (χ3v) is 4.06. The molecule has 0 saturated heterocycles. The Kier molecular flexibility index (Phi) is 3.54. The van der Waals surface area contributed by atoms with Gasteiger partial charge in [0.25, 0.3) is 5.91 Å². The first-order chi connectivity index (χ1) is 11.7. The molecule has 24 heavy (non-hydrogen) atoms. The Bertz CT molecular complexity index is 901. The van der Waals surface area contributed by atoms with E-state index in [0.29, 0.717) is 0 Å². The maximum absolute atomic E-state index is 11.6. The third-order valence-electron chi connectivity index (χ3n) is 4.06. The molecule has 120 valence electrons. The highest BCUT2D eigenvalue weighted by molar-refractivity contribution is 5.96. The molecule has 1 amide bonds. The fourth-order valence-corrected chi connectivity index (χ4v) is 2.98. The highest BCUT2D eigenvalue weighted by atomic mass is 16.5. The molecule has 0 bridgehead atoms. The molecule has 5 heteroatoms. The highest BCUT2D eigenvalue weighted by Gasteiger charge is 2.19. The van der Waals surface area contributed by atoms with Crippen molar-refractivity contribution in [2.24, 2.45) is 0 Å². The van der Waals surface area contributed by atoms with Crippen molar-refractivity contribution in [3.63, 3.8) is 0 Å². The number of aryl methyl sites for hydroxylation is 1. The third kappa shape index (κ3) is 2.76. The molecule has 1 aromatic heterocycles. The van der Waals surface area contributed by atoms with E-state index in [2.05, 4.69) is 34.7 Å². The lowest BCUT2D eigenvalue weighted by Crippen LogP contribution is -2.25. The SMILES string of the molecule is Cc1cc(-c2cccc(Cn3cccn3)c2)cc2c1OCC(=O)N2. The summed E-state index contributed by atoms with van der Waals surface area (Å²) in [5.74, 6) is 0.637. The fraction of sp³-hybridized carbons (Fsp3) is 0.158. The van der Waals surface area contributed by atoms with Crippen molar-refractivity contribution in [3.05, 3.63) is 66.0 Å². The van der Waals surface area contributed by atoms with Gasteiger partial charge in [-0.1, -0.05) is 18.2 Å². The molecule has 1 aliphatic heterocycles. The Morgan fingerprint density at radius 1 is 1.21 bits per heavy atom. The first kappa shape index (κ1) is 14.5. The number of anilines is 1. The van der Waals surface area contributed by atoms with Gasteiger partial charge in [-0.15, -0.1) is 0 Å². The number of nitrogens with one attached hydrogen (secondary N) is 1. The van der Waals surface area contributed by atoms with Gasteiger partial charge < -0.3 is 10.1 Å². The van der Waals surface area contributed by atoms with Crippen molar-refractivity contribution in [2.45, 2.75) is 13.5 Å². The number of hydrogen-bond donors (Lipinski definition) is 1. The van der Waals surface area contributed by atoms with E-state index in [1.165, 1.54) is 5.56 Å². The molecule has 2 aromatic carbocycles. The second kappa shape index (κ2) is 5.85. The minimum absolute atomic E-state index is 0.0759. The monoisotopic (exact) mass is 319 g/mol. The predicted molar refractivity (Wildman–Crippen MR) is 92.1 cm³/mol. The summed E-state index contributed by atoms with van der Waals surface area (Å²) in [4.78, 5) is 11.6. The number of ether oxygens (including phenoxy) is 1. The van der Waals surface area contributed by atoms with Gasteiger partial charge in [-0.2, -0.15) is 5.10 Å². The Balaban J connectivity index is 1.70. The van der Waals surface area contributed by atoms with Crippen molar-refractivity contribution in [1.29, 1.82) is 0 Å². The zero-order valence-corrected chi connectivity index (χ0v) is 13.3. The van der Waals surface area contributed by atoms with Crippen LogP contribution in [0.4, 0.5) is 5.69 Å². The lowest BCUT2D eigenvalue weighted by Gasteiger charge is -2.21. The second-order valence-corrected chi connectivity index (χ2v) is 5.91. The summed E-state index contributed by atoms with van der Waals surface area (Å²) in [6.07, 6.45) is 3.72. The smallest absolute Gasteiger partial charge is 0.262 e. The van der Waals surface area contributed by atoms with E-state index in [0.717, 1.165) is 34.7 Å². The molecule has 0 saturated carbocycles. The van der Waals surface area contributed by atoms with E-state index in [1.807, 2.05) is 36.0 Å². The number of fused-ring (bicyclic) bond motifs is 1. The minimum atomic E-state index is -0.119. The second-order valence-electron chi connectivity index (χ2n) is 5.91. The summed E-state index contributed by atoms with van der Waals surface area (Å²) in [5.41, 5.74) is 5.08. The van der Waals surface area contributed by atoms with Crippen LogP contribution >= 0.6 is 0 Å². The van der Waals surface area contributed by atoms with Crippen LogP contribution in [0.1, 0.15) is 11.1 Å². The minimum Gasteiger partial charge on any atom is -0.481 e. The molecule has 2 heterocycles. The van der Waals surface area contributed by atoms with Crippen LogP contribution in [0, 0.1) is 6.92 Å². The van der Waals surface area contributed by atoms with Gasteiger partial charge in [0.05, 0.1) is 12.2 Å². The Morgan fingerprint density at radius 2 is 2.12 bits per heavy atom. The summed E-state index contributed by atoms with van der Waals surface area (Å²) < 4.78 is 7.42. The molecule has 0 radical (unpaired) electrons. The zero-order chi connectivity index (χ0) is 16.5. The molecule has 5 nitrogen and oxygen atoms in total. The molecule has 1 aliphatic rings. The summed E-state index contributed by atoms with van der Waals surface area (Å²) in [6.45, 7) is 2.80. The number of benzene rings is 2. The number of aromatic nitrogens is 2. The zero-order valence-electron chi connectivity index (χ0n) is 13.3. The molecule has 0 unspecified atom stereocenters. The number of rotatable bonds is 3. The van der Waals surface area contributed by atoms with Gasteiger partial charge in [-0.25, -0.2) is 0 Å². The molecule has 0 atom stereocenters. The van der Waals surface area contributed by atoms with Crippen molar-refractivity contribution < 1.29 is 9.53 Å². The van der Waals surface area contributed by atoms with Crippen LogP contribution in [0.15, 0.2) is 54.9 Å². The van der Waals surface area contributed by atoms with Crippen LogP contribution in [-0.2, 0) is 11.3 Å². The topological polar surface area (TPSA) is 56.2 Å². The van der Waals surface area contributed by atoms with Crippen LogP contribution in [0.5, 0.6) is 5.75 Å². The number of hydrogen-bond acceptors (Lipinski definition) is 3. The van der Waals surface area contributed by atoms with Crippen molar-refractivity contribution in [1.82, 2.24) is 9.78 Å². The molecule has 4 rings (SSSR count). The standard InChI is InChI=1S/C19H17N3O2/c1-13-8-16(10-17-19(13)24-12-18(23)21-17)15-5-2-4-14(9-15)11-22-7-3-6-20-22/h2-10H,11-12H2,1H3,(H,21,23). The molecule has 0 fully saturated rings. The lowest BCUT2D eigenvalue weighted by atomic mass is 9.99. The molecule has 3 aromatic rings. The van der Waals surface area contributed by atoms with Crippen LogP contribution in [0.25, 0.3) is 11.1 Å². The lowest BCUT2D eigenvalue weighted by molar-refractivity contribution is -0.118. The molecular weight excluding hydrogens is 302 g/mol. The van der Waals surface area contributed by atoms with Gasteiger partial charge in [0.15, 0.2) is 6.61 Å². The van der Waals surface area contributed by atoms with Gasteiger partial charge in [0.2, 0.25) is 0 Å². The van der Waals surface area contributed by atoms with Gasteiger partial charge in [0.1, 0.15) is 5.75 Å². The van der Waals surface area contributed by atoms with E-state index < -0.39 is 0 Å². The fourth-order valence-electron chi connectivity index (χ4n) is 2.98. The van der Waals surface area contributed by atoms with E-state index in [9.17, 15) is 4.79 Å². The number of nitrogens with zero attached hydrogens (tertiary/aromatic N) is 2. The molecule has 1 N–H and O–H groups in total. The van der Waals surface area contributed by atoms with Gasteiger partial charge >= 0.3 is 0 Å². The first-order valence-electron chi connectivity index (χ1n) is 7.83. The van der Waals surface area contributed by atoms with Crippen LogP contribution in [0.3, 0.4) is 0 Å². The van der Waals surface area contributed by atoms with Crippen LogP contribution < -0.4 is 10.1 Å². The summed E-state index contributed by atoms with van der Waals surface area (Å²) >= 11 is 0. The molecule has 0 aliphatic carbocycles. The normalized spacial score (nSPS) is 13.1. The largest absolute Gasteiger partial charge is 0.481 e. The number of carbonyl (C=O) groups excluding carboxylic acids is 1. The van der Waals surface area contributed by atoms with E-state index >= 15 is 0 Å². The Hall–Kier alpha value is -3.08. The van der Waals surface area contributed by atoms with Crippen molar-refractivity contribution >= 4 is 11.6 Å². The van der Waals surface area contributed by atoms with E-state index in [4.69, 9.17) is 4.74 Å². The quantitative estimate of drug-likeness (QED) is 0.806. The number of amides is 1. The molecular formula is C19H17N3O2. The van der Waals surface area contributed by atoms with Crippen molar-refractivity contribution in [2.75, 3.05) is 11.9 Å². The van der Waals surface area contributed by atoms with E-state index in [-0.39, 0.29) is 12.5 Å². The van der Waals surface area contributed by atoms with Crippen LogP contribution in [0.2, 0.25) is 0 Å². The van der Waals surface area contributed by atoms with Gasteiger partial charge in [-0.05, 0) is 53.4 Å². The summed E-state index contributed by atoms with van der Waals surface area (Å²) in [5, 5.41) is 7.13. The Morgan fingerprint density at radius 3 is 2.96 bits per heavy atom. The molecule has 0 spiro atoms.